The minimum atomic E-state index is -1.32. The highest BCUT2D eigenvalue weighted by molar-refractivity contribution is 6.32. The van der Waals surface area contributed by atoms with Crippen molar-refractivity contribution in [3.8, 4) is 11.8 Å². The van der Waals surface area contributed by atoms with E-state index in [9.17, 15) is 9.59 Å². The van der Waals surface area contributed by atoms with E-state index < -0.39 is 11.5 Å². The molecule has 0 aliphatic carbocycles. The molecule has 6 nitrogen and oxygen atoms in total. The molecule has 2 aromatic rings. The fourth-order valence-corrected chi connectivity index (χ4v) is 1.94. The second kappa shape index (κ2) is 5.15. The molecule has 0 aliphatic rings. The van der Waals surface area contributed by atoms with Crippen LogP contribution in [0.1, 0.15) is 21.6 Å². The van der Waals surface area contributed by atoms with E-state index in [2.05, 4.69) is 5.10 Å². The number of aromatic nitrogens is 2. The van der Waals surface area contributed by atoms with Gasteiger partial charge in [-0.3, -0.25) is 4.79 Å². The Labute approximate surface area is 118 Å². The molecule has 0 aliphatic heterocycles. The van der Waals surface area contributed by atoms with Crippen molar-refractivity contribution in [2.75, 3.05) is 0 Å². The summed E-state index contributed by atoms with van der Waals surface area (Å²) in [5, 5.41) is 22.1. The second-order valence-electron chi connectivity index (χ2n) is 3.93. The fraction of sp³-hybridized carbons (Fsp3) is 0.0769. The SMILES string of the molecule is Cc1c(C(=O)O)nn(-c2ccccc2Cl)c(=O)c1C#N. The quantitative estimate of drug-likeness (QED) is 0.909. The molecule has 1 aromatic heterocycles. The zero-order chi connectivity index (χ0) is 14.9. The molecule has 0 fully saturated rings. The fourth-order valence-electron chi connectivity index (χ4n) is 1.73. The van der Waals surface area contributed by atoms with Crippen LogP contribution in [0.4, 0.5) is 0 Å². The normalized spacial score (nSPS) is 10.1. The van der Waals surface area contributed by atoms with Crippen LogP contribution in [0.25, 0.3) is 5.69 Å². The number of rotatable bonds is 2. The van der Waals surface area contributed by atoms with E-state index in [4.69, 9.17) is 22.0 Å². The molecule has 0 atom stereocenters. The Hall–Kier alpha value is -2.65. The van der Waals surface area contributed by atoms with Gasteiger partial charge in [0.05, 0.1) is 10.7 Å². The highest BCUT2D eigenvalue weighted by atomic mass is 35.5. The molecule has 0 unspecified atom stereocenters. The smallest absolute Gasteiger partial charge is 0.356 e. The van der Waals surface area contributed by atoms with Crippen molar-refractivity contribution >= 4 is 17.6 Å². The first kappa shape index (κ1) is 13.8. The van der Waals surface area contributed by atoms with Gasteiger partial charge in [-0.2, -0.15) is 15.0 Å². The van der Waals surface area contributed by atoms with Crippen LogP contribution in [0.15, 0.2) is 29.1 Å². The molecular weight excluding hydrogens is 282 g/mol. The lowest BCUT2D eigenvalue weighted by molar-refractivity contribution is 0.0687. The van der Waals surface area contributed by atoms with Crippen molar-refractivity contribution in [1.29, 1.82) is 5.26 Å². The second-order valence-corrected chi connectivity index (χ2v) is 4.34. The molecule has 0 saturated carbocycles. The van der Waals surface area contributed by atoms with Crippen LogP contribution >= 0.6 is 11.6 Å². The summed E-state index contributed by atoms with van der Waals surface area (Å²) in [6.45, 7) is 1.37. The van der Waals surface area contributed by atoms with Crippen molar-refractivity contribution in [2.45, 2.75) is 6.92 Å². The van der Waals surface area contributed by atoms with Gasteiger partial charge >= 0.3 is 5.97 Å². The Morgan fingerprint density at radius 2 is 2.10 bits per heavy atom. The third-order valence-electron chi connectivity index (χ3n) is 2.73. The number of carboxylic acid groups (broad SMARTS) is 1. The highest BCUT2D eigenvalue weighted by Crippen LogP contribution is 2.18. The Morgan fingerprint density at radius 3 is 2.65 bits per heavy atom. The summed E-state index contributed by atoms with van der Waals surface area (Å²) in [5.74, 6) is -1.32. The first-order chi connectivity index (χ1) is 9.47. The van der Waals surface area contributed by atoms with E-state index in [1.54, 1.807) is 18.2 Å². The van der Waals surface area contributed by atoms with E-state index >= 15 is 0 Å². The molecule has 0 amide bonds. The van der Waals surface area contributed by atoms with Crippen molar-refractivity contribution in [3.05, 3.63) is 56.5 Å². The average molecular weight is 290 g/mol. The number of benzene rings is 1. The van der Waals surface area contributed by atoms with Gasteiger partial charge in [-0.1, -0.05) is 23.7 Å². The summed E-state index contributed by atoms with van der Waals surface area (Å²) in [5.41, 5.74) is -1.08. The number of hydrogen-bond donors (Lipinski definition) is 1. The Bertz CT molecular complexity index is 805. The predicted molar refractivity (Wildman–Crippen MR) is 71.3 cm³/mol. The van der Waals surface area contributed by atoms with Gasteiger partial charge in [-0.25, -0.2) is 4.79 Å². The van der Waals surface area contributed by atoms with E-state index in [0.717, 1.165) is 4.68 Å². The van der Waals surface area contributed by atoms with Gasteiger partial charge in [0.15, 0.2) is 5.69 Å². The number of halogens is 1. The zero-order valence-corrected chi connectivity index (χ0v) is 11.0. The largest absolute Gasteiger partial charge is 0.476 e. The number of nitrogens with zero attached hydrogens (tertiary/aromatic N) is 3. The molecule has 1 heterocycles. The van der Waals surface area contributed by atoms with Crippen molar-refractivity contribution < 1.29 is 9.90 Å². The number of hydrogen-bond acceptors (Lipinski definition) is 4. The first-order valence-corrected chi connectivity index (χ1v) is 5.87. The molecule has 2 rings (SSSR count). The minimum Gasteiger partial charge on any atom is -0.476 e. The van der Waals surface area contributed by atoms with Crippen molar-refractivity contribution in [2.24, 2.45) is 0 Å². The molecule has 20 heavy (non-hydrogen) atoms. The number of nitriles is 1. The van der Waals surface area contributed by atoms with E-state index in [-0.39, 0.29) is 27.5 Å². The number of aromatic carboxylic acids is 1. The summed E-state index contributed by atoms with van der Waals surface area (Å²) < 4.78 is 0.831. The van der Waals surface area contributed by atoms with Crippen LogP contribution in [0.5, 0.6) is 0 Å². The van der Waals surface area contributed by atoms with Gasteiger partial charge in [0.25, 0.3) is 5.56 Å². The van der Waals surface area contributed by atoms with Crippen LogP contribution in [-0.4, -0.2) is 20.9 Å². The van der Waals surface area contributed by atoms with E-state index in [1.165, 1.54) is 19.1 Å². The maximum atomic E-state index is 12.2. The average Bonchev–Trinajstić information content (AvgIpc) is 2.40. The lowest BCUT2D eigenvalue weighted by Gasteiger charge is -2.10. The van der Waals surface area contributed by atoms with Gasteiger partial charge < -0.3 is 5.11 Å². The summed E-state index contributed by atoms with van der Waals surface area (Å²) in [6, 6.07) is 8.05. The molecule has 100 valence electrons. The standard InChI is InChI=1S/C13H8ClN3O3/c1-7-8(6-15)12(18)17(16-11(7)13(19)20)10-5-3-2-4-9(10)14/h2-5H,1H3,(H,19,20). The van der Waals surface area contributed by atoms with Gasteiger partial charge in [-0.15, -0.1) is 0 Å². The lowest BCUT2D eigenvalue weighted by atomic mass is 10.1. The Morgan fingerprint density at radius 1 is 1.45 bits per heavy atom. The van der Waals surface area contributed by atoms with Crippen LogP contribution in [0, 0.1) is 18.3 Å². The summed E-state index contributed by atoms with van der Waals surface area (Å²) in [7, 11) is 0. The number of para-hydroxylation sites is 1. The topological polar surface area (TPSA) is 96.0 Å². The van der Waals surface area contributed by atoms with Gasteiger partial charge in [0.2, 0.25) is 0 Å². The maximum Gasteiger partial charge on any atom is 0.356 e. The third-order valence-corrected chi connectivity index (χ3v) is 3.05. The van der Waals surface area contributed by atoms with Gasteiger partial charge in [0.1, 0.15) is 11.6 Å². The van der Waals surface area contributed by atoms with Crippen LogP contribution in [0.2, 0.25) is 5.02 Å². The third kappa shape index (κ3) is 2.15. The maximum absolute atomic E-state index is 12.2. The lowest BCUT2D eigenvalue weighted by Crippen LogP contribution is -2.28. The molecular formula is C13H8ClN3O3. The summed E-state index contributed by atoms with van der Waals surface area (Å²) in [4.78, 5) is 23.3. The van der Waals surface area contributed by atoms with E-state index in [0.29, 0.717) is 0 Å². The van der Waals surface area contributed by atoms with Crippen molar-refractivity contribution in [3.63, 3.8) is 0 Å². The van der Waals surface area contributed by atoms with Crippen LogP contribution in [0.3, 0.4) is 0 Å². The predicted octanol–water partition coefficient (Wildman–Crippen LogP) is 1.76. The molecule has 0 saturated heterocycles. The number of carbonyl (C=O) groups is 1. The Balaban J connectivity index is 2.89. The molecule has 0 bridgehead atoms. The number of carboxylic acids is 1. The molecule has 1 N–H and O–H groups in total. The highest BCUT2D eigenvalue weighted by Gasteiger charge is 2.20. The first-order valence-electron chi connectivity index (χ1n) is 5.49. The van der Waals surface area contributed by atoms with Crippen molar-refractivity contribution in [1.82, 2.24) is 9.78 Å². The Kier molecular flexibility index (Phi) is 3.55. The van der Waals surface area contributed by atoms with Gasteiger partial charge in [-0.05, 0) is 19.1 Å². The summed E-state index contributed by atoms with van der Waals surface area (Å²) in [6.07, 6.45) is 0. The van der Waals surface area contributed by atoms with Gasteiger partial charge in [0, 0.05) is 5.56 Å². The van der Waals surface area contributed by atoms with Crippen LogP contribution < -0.4 is 5.56 Å². The minimum absolute atomic E-state index is 0.0355. The molecule has 0 spiro atoms. The monoisotopic (exact) mass is 289 g/mol. The van der Waals surface area contributed by atoms with E-state index in [1.807, 2.05) is 0 Å². The molecule has 1 aromatic carbocycles. The summed E-state index contributed by atoms with van der Waals surface area (Å²) >= 11 is 5.97. The molecule has 0 radical (unpaired) electrons. The molecule has 7 heteroatoms. The zero-order valence-electron chi connectivity index (χ0n) is 10.3. The van der Waals surface area contributed by atoms with Crippen LogP contribution in [-0.2, 0) is 0 Å².